The van der Waals surface area contributed by atoms with Crippen LogP contribution in [-0.4, -0.2) is 31.8 Å². The fraction of sp³-hybridized carbons (Fsp3) is 0.143. The molecule has 1 aromatic heterocycles. The van der Waals surface area contributed by atoms with Gasteiger partial charge in [-0.15, -0.1) is 11.3 Å². The standard InChI is InChI=1S/C14H15N5O2S2/c1-19(2)23(20,21)12-5-3-10(4-6-12)13-9-22-14(18-13)11(7-15)8-17-16/h3-6,8-9,17H,16H2,1-2H3/b11-8+. The van der Waals surface area contributed by atoms with Gasteiger partial charge in [-0.3, -0.25) is 5.84 Å². The number of hydrogen-bond donors (Lipinski definition) is 2. The maximum Gasteiger partial charge on any atom is 0.242 e. The van der Waals surface area contributed by atoms with E-state index in [0.29, 0.717) is 16.3 Å². The number of allylic oxidation sites excluding steroid dienone is 1. The normalized spacial score (nSPS) is 12.2. The topological polar surface area (TPSA) is 112 Å². The first kappa shape index (κ1) is 17.1. The molecule has 1 heterocycles. The smallest absolute Gasteiger partial charge is 0.242 e. The molecule has 9 heteroatoms. The molecule has 0 aliphatic carbocycles. The van der Waals surface area contributed by atoms with E-state index in [-0.39, 0.29) is 4.90 Å². The molecule has 1 aromatic carbocycles. The number of nitrogens with two attached hydrogens (primary N) is 1. The van der Waals surface area contributed by atoms with Gasteiger partial charge in [0.15, 0.2) is 0 Å². The molecule has 0 amide bonds. The third kappa shape index (κ3) is 3.57. The number of nitriles is 1. The van der Waals surface area contributed by atoms with E-state index < -0.39 is 10.0 Å². The summed E-state index contributed by atoms with van der Waals surface area (Å²) in [6.07, 6.45) is 1.37. The molecule has 2 rings (SSSR count). The van der Waals surface area contributed by atoms with Crippen molar-refractivity contribution in [3.8, 4) is 17.3 Å². The third-order valence-electron chi connectivity index (χ3n) is 3.01. The maximum atomic E-state index is 12.0. The first-order valence-corrected chi connectivity index (χ1v) is 8.77. The van der Waals surface area contributed by atoms with Gasteiger partial charge in [0.2, 0.25) is 10.0 Å². The van der Waals surface area contributed by atoms with E-state index in [2.05, 4.69) is 10.4 Å². The van der Waals surface area contributed by atoms with E-state index in [0.717, 1.165) is 9.87 Å². The van der Waals surface area contributed by atoms with Crippen molar-refractivity contribution in [3.63, 3.8) is 0 Å². The fourth-order valence-electron chi connectivity index (χ4n) is 1.76. The summed E-state index contributed by atoms with van der Waals surface area (Å²) in [7, 11) is -0.488. The largest absolute Gasteiger partial charge is 0.330 e. The van der Waals surface area contributed by atoms with E-state index in [1.807, 2.05) is 6.07 Å². The molecule has 0 fully saturated rings. The van der Waals surface area contributed by atoms with Crippen molar-refractivity contribution in [2.75, 3.05) is 14.1 Å². The third-order valence-corrected chi connectivity index (χ3v) is 5.72. The van der Waals surface area contributed by atoms with Crippen molar-refractivity contribution in [3.05, 3.63) is 40.9 Å². The summed E-state index contributed by atoms with van der Waals surface area (Å²) in [5.41, 5.74) is 4.07. The zero-order valence-electron chi connectivity index (χ0n) is 12.5. The van der Waals surface area contributed by atoms with Gasteiger partial charge in [-0.2, -0.15) is 5.26 Å². The van der Waals surface area contributed by atoms with Crippen LogP contribution in [0.4, 0.5) is 0 Å². The van der Waals surface area contributed by atoms with Gasteiger partial charge in [0.1, 0.15) is 16.6 Å². The van der Waals surface area contributed by atoms with Crippen molar-refractivity contribution < 1.29 is 8.42 Å². The Bertz CT molecular complexity index is 861. The van der Waals surface area contributed by atoms with E-state index >= 15 is 0 Å². The summed E-state index contributed by atoms with van der Waals surface area (Å²) < 4.78 is 25.2. The predicted octanol–water partition coefficient (Wildman–Crippen LogP) is 1.39. The first-order valence-electron chi connectivity index (χ1n) is 6.45. The zero-order valence-corrected chi connectivity index (χ0v) is 14.1. The van der Waals surface area contributed by atoms with E-state index in [1.165, 1.54) is 43.8 Å². The lowest BCUT2D eigenvalue weighted by molar-refractivity contribution is 0.521. The minimum atomic E-state index is -3.45. The Morgan fingerprint density at radius 3 is 2.57 bits per heavy atom. The van der Waals surface area contributed by atoms with Crippen LogP contribution in [0, 0.1) is 11.3 Å². The Balaban J connectivity index is 2.33. The second-order valence-corrected chi connectivity index (χ2v) is 7.70. The van der Waals surface area contributed by atoms with Crippen molar-refractivity contribution in [2.45, 2.75) is 4.90 Å². The Labute approximate surface area is 138 Å². The highest BCUT2D eigenvalue weighted by Gasteiger charge is 2.17. The van der Waals surface area contributed by atoms with Gasteiger partial charge in [-0.1, -0.05) is 12.1 Å². The lowest BCUT2D eigenvalue weighted by atomic mass is 10.2. The molecule has 0 atom stereocenters. The number of nitrogens with one attached hydrogen (secondary N) is 1. The van der Waals surface area contributed by atoms with Crippen LogP contribution in [0.2, 0.25) is 0 Å². The van der Waals surface area contributed by atoms with Crippen LogP contribution in [0.3, 0.4) is 0 Å². The van der Waals surface area contributed by atoms with Gasteiger partial charge in [0.05, 0.1) is 10.6 Å². The van der Waals surface area contributed by atoms with Gasteiger partial charge in [-0.05, 0) is 12.1 Å². The number of hydrazine groups is 1. The van der Waals surface area contributed by atoms with E-state index in [9.17, 15) is 8.42 Å². The number of rotatable bonds is 5. The Hall–Kier alpha value is -2.25. The summed E-state index contributed by atoms with van der Waals surface area (Å²) in [6, 6.07) is 8.45. The molecule has 7 nitrogen and oxygen atoms in total. The highest BCUT2D eigenvalue weighted by molar-refractivity contribution is 7.89. The van der Waals surface area contributed by atoms with Gasteiger partial charge in [0.25, 0.3) is 0 Å². The van der Waals surface area contributed by atoms with Gasteiger partial charge in [-0.25, -0.2) is 17.7 Å². The van der Waals surface area contributed by atoms with Gasteiger partial charge < -0.3 is 5.43 Å². The molecule has 0 aliphatic heterocycles. The number of nitrogens with zero attached hydrogens (tertiary/aromatic N) is 3. The summed E-state index contributed by atoms with van der Waals surface area (Å²) in [5, 5.41) is 11.4. The highest BCUT2D eigenvalue weighted by Crippen LogP contribution is 2.26. The van der Waals surface area contributed by atoms with Crippen molar-refractivity contribution in [1.82, 2.24) is 14.7 Å². The number of hydrogen-bond acceptors (Lipinski definition) is 7. The molecular formula is C14H15N5O2S2. The summed E-state index contributed by atoms with van der Waals surface area (Å²) >= 11 is 1.31. The molecule has 0 spiro atoms. The average Bonchev–Trinajstić information content (AvgIpc) is 3.02. The molecule has 120 valence electrons. The monoisotopic (exact) mass is 349 g/mol. The van der Waals surface area contributed by atoms with E-state index in [4.69, 9.17) is 11.1 Å². The summed E-state index contributed by atoms with van der Waals surface area (Å²) in [6.45, 7) is 0. The SMILES string of the molecule is CN(C)S(=O)(=O)c1ccc(-c2csc(/C(C#N)=C/NN)n2)cc1. The Morgan fingerprint density at radius 1 is 1.39 bits per heavy atom. The molecule has 0 bridgehead atoms. The maximum absolute atomic E-state index is 12.0. The predicted molar refractivity (Wildman–Crippen MR) is 89.3 cm³/mol. The number of thiazole rings is 1. The Kier molecular flexibility index (Phi) is 5.12. The lowest BCUT2D eigenvalue weighted by Crippen LogP contribution is -2.22. The van der Waals surface area contributed by atoms with Crippen LogP contribution in [0.5, 0.6) is 0 Å². The van der Waals surface area contributed by atoms with Crippen LogP contribution >= 0.6 is 11.3 Å². The minimum Gasteiger partial charge on any atom is -0.330 e. The van der Waals surface area contributed by atoms with Crippen molar-refractivity contribution >= 4 is 26.9 Å². The van der Waals surface area contributed by atoms with E-state index in [1.54, 1.807) is 17.5 Å². The van der Waals surface area contributed by atoms with Crippen LogP contribution in [-0.2, 0) is 10.0 Å². The van der Waals surface area contributed by atoms with Gasteiger partial charge in [0, 0.05) is 31.2 Å². The van der Waals surface area contributed by atoms with Crippen molar-refractivity contribution in [2.24, 2.45) is 5.84 Å². The fourth-order valence-corrected chi connectivity index (χ4v) is 3.46. The molecule has 3 N–H and O–H groups in total. The molecular weight excluding hydrogens is 334 g/mol. The Morgan fingerprint density at radius 2 is 2.04 bits per heavy atom. The highest BCUT2D eigenvalue weighted by atomic mass is 32.2. The quantitative estimate of drug-likeness (QED) is 0.479. The first-order chi connectivity index (χ1) is 10.9. The zero-order chi connectivity index (χ0) is 17.0. The van der Waals surface area contributed by atoms with Crippen LogP contribution in [0.25, 0.3) is 16.8 Å². The summed E-state index contributed by atoms with van der Waals surface area (Å²) in [4.78, 5) is 4.58. The second kappa shape index (κ2) is 6.89. The van der Waals surface area contributed by atoms with Crippen LogP contribution < -0.4 is 11.3 Å². The lowest BCUT2D eigenvalue weighted by Gasteiger charge is -2.11. The average molecular weight is 349 g/mol. The van der Waals surface area contributed by atoms with Crippen LogP contribution in [0.1, 0.15) is 5.01 Å². The molecule has 23 heavy (non-hydrogen) atoms. The second-order valence-electron chi connectivity index (χ2n) is 4.69. The number of benzene rings is 1. The van der Waals surface area contributed by atoms with Crippen molar-refractivity contribution in [1.29, 1.82) is 5.26 Å². The number of sulfonamides is 1. The minimum absolute atomic E-state index is 0.214. The molecule has 0 unspecified atom stereocenters. The molecule has 2 aromatic rings. The molecule has 0 saturated heterocycles. The molecule has 0 radical (unpaired) electrons. The molecule has 0 saturated carbocycles. The van der Waals surface area contributed by atoms with Gasteiger partial charge >= 0.3 is 0 Å². The summed E-state index contributed by atoms with van der Waals surface area (Å²) in [5.74, 6) is 5.18. The molecule has 0 aliphatic rings. The van der Waals surface area contributed by atoms with Crippen LogP contribution in [0.15, 0.2) is 40.7 Å². The number of aromatic nitrogens is 1.